The summed E-state index contributed by atoms with van der Waals surface area (Å²) in [6.07, 6.45) is 1.64. The molecular formula is C24H33NO3. The lowest BCUT2D eigenvalue weighted by Gasteiger charge is -2.14. The number of carbonyl (C=O) groups is 1. The smallest absolute Gasteiger partial charge is 0.163 e. The Hall–Kier alpha value is -2.17. The number of Topliss-reactive ketones (excluding diaryl/α,β-unsaturated/α-hetero) is 1. The first-order valence-corrected chi connectivity index (χ1v) is 10.1. The fourth-order valence-corrected chi connectivity index (χ4v) is 3.49. The van der Waals surface area contributed by atoms with Crippen LogP contribution in [-0.2, 0) is 6.42 Å². The van der Waals surface area contributed by atoms with E-state index in [0.29, 0.717) is 19.4 Å². The largest absolute Gasteiger partial charge is 0.491 e. The van der Waals surface area contributed by atoms with Gasteiger partial charge in [0.25, 0.3) is 0 Å². The monoisotopic (exact) mass is 383 g/mol. The van der Waals surface area contributed by atoms with Gasteiger partial charge in [-0.2, -0.15) is 0 Å². The third-order valence-electron chi connectivity index (χ3n) is 4.74. The number of ether oxygens (including phenoxy) is 1. The Morgan fingerprint density at radius 2 is 1.86 bits per heavy atom. The van der Waals surface area contributed by atoms with E-state index in [2.05, 4.69) is 31.3 Å². The first kappa shape index (κ1) is 22.1. The van der Waals surface area contributed by atoms with Crippen LogP contribution >= 0.6 is 0 Å². The van der Waals surface area contributed by atoms with Crippen LogP contribution in [0.4, 0.5) is 0 Å². The van der Waals surface area contributed by atoms with E-state index in [1.807, 2.05) is 38.1 Å². The maximum absolute atomic E-state index is 12.7. The molecule has 0 spiro atoms. The van der Waals surface area contributed by atoms with Gasteiger partial charge in [0, 0.05) is 18.5 Å². The minimum Gasteiger partial charge on any atom is -0.491 e. The van der Waals surface area contributed by atoms with Crippen molar-refractivity contribution in [3.05, 3.63) is 64.2 Å². The Labute approximate surface area is 168 Å². The summed E-state index contributed by atoms with van der Waals surface area (Å²) in [7, 11) is 0. The summed E-state index contributed by atoms with van der Waals surface area (Å²) in [4.78, 5) is 12.7. The Bertz CT molecular complexity index is 762. The van der Waals surface area contributed by atoms with Crippen LogP contribution in [0.3, 0.4) is 0 Å². The average Bonchev–Trinajstić information content (AvgIpc) is 2.64. The maximum Gasteiger partial charge on any atom is 0.163 e. The zero-order valence-corrected chi connectivity index (χ0v) is 17.5. The van der Waals surface area contributed by atoms with Gasteiger partial charge in [-0.25, -0.2) is 0 Å². The lowest BCUT2D eigenvalue weighted by Crippen LogP contribution is -2.31. The standard InChI is InChI=1S/C24H33NO3/c1-5-11-25-15-21(26)16-28-22-8-6-7-20(14-22)9-10-23(27)24-18(3)12-17(2)13-19(24)4/h6-8,12-14,21,25-26H,5,9-11,15-16H2,1-4H3. The molecule has 0 aliphatic rings. The minimum atomic E-state index is -0.538. The van der Waals surface area contributed by atoms with Crippen molar-refractivity contribution in [2.75, 3.05) is 19.7 Å². The molecule has 0 amide bonds. The molecule has 0 aliphatic heterocycles. The van der Waals surface area contributed by atoms with Crippen LogP contribution in [0.5, 0.6) is 5.75 Å². The van der Waals surface area contributed by atoms with Crippen LogP contribution in [0.25, 0.3) is 0 Å². The first-order chi connectivity index (χ1) is 13.4. The van der Waals surface area contributed by atoms with Gasteiger partial charge in [-0.1, -0.05) is 36.8 Å². The van der Waals surface area contributed by atoms with E-state index < -0.39 is 6.10 Å². The molecule has 0 bridgehead atoms. The highest BCUT2D eigenvalue weighted by atomic mass is 16.5. The molecule has 1 atom stereocenters. The van der Waals surface area contributed by atoms with Crippen molar-refractivity contribution in [2.45, 2.75) is 53.1 Å². The topological polar surface area (TPSA) is 58.6 Å². The number of ketones is 1. The Morgan fingerprint density at radius 1 is 1.14 bits per heavy atom. The second-order valence-electron chi connectivity index (χ2n) is 7.51. The van der Waals surface area contributed by atoms with E-state index in [4.69, 9.17) is 4.74 Å². The number of nitrogens with one attached hydrogen (secondary N) is 1. The van der Waals surface area contributed by atoms with Gasteiger partial charge in [0.05, 0.1) is 0 Å². The van der Waals surface area contributed by atoms with Crippen molar-refractivity contribution in [1.29, 1.82) is 0 Å². The second-order valence-corrected chi connectivity index (χ2v) is 7.51. The summed E-state index contributed by atoms with van der Waals surface area (Å²) in [6.45, 7) is 9.81. The van der Waals surface area contributed by atoms with Gasteiger partial charge >= 0.3 is 0 Å². The molecule has 2 aromatic carbocycles. The number of aliphatic hydroxyl groups excluding tert-OH is 1. The minimum absolute atomic E-state index is 0.179. The van der Waals surface area contributed by atoms with Crippen molar-refractivity contribution in [3.8, 4) is 5.75 Å². The van der Waals surface area contributed by atoms with Crippen molar-refractivity contribution in [3.63, 3.8) is 0 Å². The van der Waals surface area contributed by atoms with Gasteiger partial charge in [-0.05, 0) is 69.0 Å². The van der Waals surface area contributed by atoms with Crippen LogP contribution in [0.1, 0.15) is 52.4 Å². The summed E-state index contributed by atoms with van der Waals surface area (Å²) in [5.41, 5.74) is 5.19. The third kappa shape index (κ3) is 6.77. The molecule has 2 rings (SSSR count). The number of hydrogen-bond donors (Lipinski definition) is 2. The van der Waals surface area contributed by atoms with E-state index in [1.165, 1.54) is 5.56 Å². The van der Waals surface area contributed by atoms with Gasteiger partial charge in [-0.15, -0.1) is 0 Å². The van der Waals surface area contributed by atoms with Crippen molar-refractivity contribution < 1.29 is 14.6 Å². The highest BCUT2D eigenvalue weighted by Crippen LogP contribution is 2.20. The predicted molar refractivity (Wildman–Crippen MR) is 114 cm³/mol. The molecule has 4 nitrogen and oxygen atoms in total. The molecule has 0 aliphatic carbocycles. The molecule has 0 saturated heterocycles. The average molecular weight is 384 g/mol. The van der Waals surface area contributed by atoms with E-state index in [1.54, 1.807) is 0 Å². The molecule has 0 fully saturated rings. The van der Waals surface area contributed by atoms with Crippen LogP contribution in [0.2, 0.25) is 0 Å². The summed E-state index contributed by atoms with van der Waals surface area (Å²) in [5.74, 6) is 0.904. The van der Waals surface area contributed by atoms with Gasteiger partial charge < -0.3 is 15.2 Å². The quantitative estimate of drug-likeness (QED) is 0.452. The summed E-state index contributed by atoms with van der Waals surface area (Å²) in [6, 6.07) is 11.9. The summed E-state index contributed by atoms with van der Waals surface area (Å²) < 4.78 is 5.71. The van der Waals surface area contributed by atoms with Crippen molar-refractivity contribution >= 4 is 5.78 Å². The molecule has 28 heavy (non-hydrogen) atoms. The van der Waals surface area contributed by atoms with E-state index in [9.17, 15) is 9.90 Å². The summed E-state index contributed by atoms with van der Waals surface area (Å²) >= 11 is 0. The fourth-order valence-electron chi connectivity index (χ4n) is 3.49. The molecule has 2 N–H and O–H groups in total. The normalized spacial score (nSPS) is 12.0. The number of rotatable bonds is 11. The molecule has 152 valence electrons. The Kier molecular flexibility index (Phi) is 8.68. The predicted octanol–water partition coefficient (Wildman–Crippen LogP) is 4.17. The Morgan fingerprint density at radius 3 is 2.54 bits per heavy atom. The van der Waals surface area contributed by atoms with Gasteiger partial charge in [0.2, 0.25) is 0 Å². The number of aryl methyl sites for hydroxylation is 4. The second kappa shape index (κ2) is 11.0. The Balaban J connectivity index is 1.90. The molecule has 0 saturated carbocycles. The van der Waals surface area contributed by atoms with Crippen LogP contribution in [0.15, 0.2) is 36.4 Å². The van der Waals surface area contributed by atoms with Crippen LogP contribution < -0.4 is 10.1 Å². The van der Waals surface area contributed by atoms with E-state index >= 15 is 0 Å². The molecular weight excluding hydrogens is 350 g/mol. The van der Waals surface area contributed by atoms with Crippen molar-refractivity contribution in [2.24, 2.45) is 0 Å². The summed E-state index contributed by atoms with van der Waals surface area (Å²) in [5, 5.41) is 13.1. The maximum atomic E-state index is 12.7. The molecule has 0 heterocycles. The molecule has 0 radical (unpaired) electrons. The third-order valence-corrected chi connectivity index (χ3v) is 4.74. The molecule has 2 aromatic rings. The fraction of sp³-hybridized carbons (Fsp3) is 0.458. The SMILES string of the molecule is CCCNCC(O)COc1cccc(CCC(=O)c2c(C)cc(C)cc2C)c1. The zero-order valence-electron chi connectivity index (χ0n) is 17.5. The van der Waals surface area contributed by atoms with Gasteiger partial charge in [0.15, 0.2) is 5.78 Å². The lowest BCUT2D eigenvalue weighted by atomic mass is 9.93. The highest BCUT2D eigenvalue weighted by molar-refractivity contribution is 5.99. The molecule has 0 aromatic heterocycles. The zero-order chi connectivity index (χ0) is 20.5. The number of aliphatic hydroxyl groups is 1. The first-order valence-electron chi connectivity index (χ1n) is 10.1. The van der Waals surface area contributed by atoms with E-state index in [0.717, 1.165) is 41.0 Å². The highest BCUT2D eigenvalue weighted by Gasteiger charge is 2.13. The lowest BCUT2D eigenvalue weighted by molar-refractivity contribution is 0.0981. The van der Waals surface area contributed by atoms with Gasteiger partial charge in [0.1, 0.15) is 18.5 Å². The van der Waals surface area contributed by atoms with Crippen LogP contribution in [-0.4, -0.2) is 36.7 Å². The van der Waals surface area contributed by atoms with Crippen molar-refractivity contribution in [1.82, 2.24) is 5.32 Å². The number of hydrogen-bond acceptors (Lipinski definition) is 4. The van der Waals surface area contributed by atoms with Gasteiger partial charge in [-0.3, -0.25) is 4.79 Å². The van der Waals surface area contributed by atoms with Crippen LogP contribution in [0, 0.1) is 20.8 Å². The number of carbonyl (C=O) groups excluding carboxylic acids is 1. The van der Waals surface area contributed by atoms with E-state index in [-0.39, 0.29) is 12.4 Å². The molecule has 1 unspecified atom stereocenters. The number of benzene rings is 2. The molecule has 4 heteroatoms.